The van der Waals surface area contributed by atoms with Crippen LogP contribution >= 0.6 is 0 Å². The third-order valence-corrected chi connectivity index (χ3v) is 4.31. The maximum Gasteiger partial charge on any atom is 0.240 e. The Kier molecular flexibility index (Phi) is 3.18. The van der Waals surface area contributed by atoms with E-state index in [1.165, 1.54) is 5.69 Å². The highest BCUT2D eigenvalue weighted by Gasteiger charge is 2.20. The Balaban J connectivity index is 1.43. The number of fused-ring (bicyclic) bond motifs is 2. The summed E-state index contributed by atoms with van der Waals surface area (Å²) in [4.78, 5) is 12.3. The predicted octanol–water partition coefficient (Wildman–Crippen LogP) is 1.97. The zero-order chi connectivity index (χ0) is 14.9. The Morgan fingerprint density at radius 3 is 3.14 bits per heavy atom. The fourth-order valence-corrected chi connectivity index (χ4v) is 3.20. The van der Waals surface area contributed by atoms with Gasteiger partial charge in [0.05, 0.1) is 0 Å². The van der Waals surface area contributed by atoms with E-state index in [0.29, 0.717) is 6.54 Å². The van der Waals surface area contributed by atoms with E-state index in [1.807, 2.05) is 52.0 Å². The van der Waals surface area contributed by atoms with Crippen LogP contribution in [0.25, 0.3) is 10.9 Å². The van der Waals surface area contributed by atoms with Gasteiger partial charge in [-0.25, -0.2) is 0 Å². The highest BCUT2D eigenvalue weighted by atomic mass is 16.2. The maximum atomic E-state index is 12.3. The number of nitrogens with zero attached hydrogens (tertiary/aromatic N) is 3. The molecule has 112 valence electrons. The summed E-state index contributed by atoms with van der Waals surface area (Å²) in [6, 6.07) is 12.4. The summed E-state index contributed by atoms with van der Waals surface area (Å²) in [5.74, 6) is 0.0688. The van der Waals surface area contributed by atoms with E-state index >= 15 is 0 Å². The topological polar surface area (TPSA) is 51.9 Å². The van der Waals surface area contributed by atoms with Crippen molar-refractivity contribution in [2.75, 3.05) is 0 Å². The number of aryl methyl sites for hydroxylation is 1. The number of carbonyl (C=O) groups excluding carboxylic acids is 1. The Bertz CT molecular complexity index is 817. The number of hydrogen-bond acceptors (Lipinski definition) is 2. The van der Waals surface area contributed by atoms with Gasteiger partial charge in [-0.3, -0.25) is 9.48 Å². The summed E-state index contributed by atoms with van der Waals surface area (Å²) in [7, 11) is 0. The van der Waals surface area contributed by atoms with Crippen LogP contribution in [0.5, 0.6) is 0 Å². The van der Waals surface area contributed by atoms with Crippen molar-refractivity contribution in [3.63, 3.8) is 0 Å². The van der Waals surface area contributed by atoms with E-state index in [0.717, 1.165) is 30.3 Å². The predicted molar refractivity (Wildman–Crippen MR) is 84.4 cm³/mol. The van der Waals surface area contributed by atoms with E-state index in [-0.39, 0.29) is 11.9 Å². The van der Waals surface area contributed by atoms with E-state index in [1.54, 1.807) is 0 Å². The summed E-state index contributed by atoms with van der Waals surface area (Å²) in [5.41, 5.74) is 2.29. The molecule has 1 amide bonds. The fraction of sp³-hybridized carbons (Fsp3) is 0.294. The minimum Gasteiger partial charge on any atom is -0.351 e. The van der Waals surface area contributed by atoms with Crippen LogP contribution in [0, 0.1) is 0 Å². The van der Waals surface area contributed by atoms with Crippen molar-refractivity contribution in [3.05, 3.63) is 54.5 Å². The molecule has 1 aliphatic heterocycles. The number of rotatable bonds is 3. The summed E-state index contributed by atoms with van der Waals surface area (Å²) in [5, 5.41) is 8.58. The molecule has 0 fully saturated rings. The van der Waals surface area contributed by atoms with E-state index in [4.69, 9.17) is 0 Å². The molecular weight excluding hydrogens is 276 g/mol. The largest absolute Gasteiger partial charge is 0.351 e. The van der Waals surface area contributed by atoms with Gasteiger partial charge >= 0.3 is 0 Å². The molecule has 0 spiro atoms. The zero-order valence-corrected chi connectivity index (χ0v) is 12.3. The molecule has 0 aliphatic carbocycles. The van der Waals surface area contributed by atoms with Gasteiger partial charge in [0.15, 0.2) is 0 Å². The van der Waals surface area contributed by atoms with Crippen molar-refractivity contribution in [1.29, 1.82) is 0 Å². The van der Waals surface area contributed by atoms with Gasteiger partial charge in [-0.1, -0.05) is 18.2 Å². The van der Waals surface area contributed by atoms with Gasteiger partial charge in [-0.2, -0.15) is 5.10 Å². The van der Waals surface area contributed by atoms with Gasteiger partial charge in [0.1, 0.15) is 6.54 Å². The van der Waals surface area contributed by atoms with Gasteiger partial charge in [0.2, 0.25) is 5.91 Å². The third-order valence-electron chi connectivity index (χ3n) is 4.31. The molecule has 22 heavy (non-hydrogen) atoms. The van der Waals surface area contributed by atoms with Crippen molar-refractivity contribution in [1.82, 2.24) is 19.7 Å². The molecule has 5 nitrogen and oxygen atoms in total. The minimum absolute atomic E-state index is 0.0688. The molecule has 1 aromatic carbocycles. The average molecular weight is 294 g/mol. The van der Waals surface area contributed by atoms with Gasteiger partial charge in [0, 0.05) is 42.6 Å². The number of amides is 1. The maximum absolute atomic E-state index is 12.3. The third kappa shape index (κ3) is 2.39. The molecule has 0 radical (unpaired) electrons. The second-order valence-corrected chi connectivity index (χ2v) is 5.81. The highest BCUT2D eigenvalue weighted by molar-refractivity contribution is 5.83. The lowest BCUT2D eigenvalue weighted by Crippen LogP contribution is -2.41. The zero-order valence-electron chi connectivity index (χ0n) is 12.3. The fourth-order valence-electron chi connectivity index (χ4n) is 3.20. The van der Waals surface area contributed by atoms with Crippen LogP contribution in [-0.2, 0) is 24.3 Å². The summed E-state index contributed by atoms with van der Waals surface area (Å²) in [6.45, 7) is 1.24. The van der Waals surface area contributed by atoms with Crippen LogP contribution in [0.1, 0.15) is 12.1 Å². The molecule has 0 bridgehead atoms. The van der Waals surface area contributed by atoms with E-state index in [9.17, 15) is 4.79 Å². The van der Waals surface area contributed by atoms with Crippen LogP contribution in [0.4, 0.5) is 0 Å². The van der Waals surface area contributed by atoms with Crippen molar-refractivity contribution in [2.45, 2.75) is 32.0 Å². The lowest BCUT2D eigenvalue weighted by molar-refractivity contribution is -0.122. The molecule has 3 heterocycles. The van der Waals surface area contributed by atoms with Gasteiger partial charge in [-0.05, 0) is 30.0 Å². The van der Waals surface area contributed by atoms with Crippen LogP contribution in [-0.4, -0.2) is 26.3 Å². The second-order valence-electron chi connectivity index (χ2n) is 5.81. The summed E-state index contributed by atoms with van der Waals surface area (Å²) >= 11 is 0. The minimum atomic E-state index is 0.0688. The van der Waals surface area contributed by atoms with Crippen LogP contribution in [0.15, 0.2) is 48.8 Å². The van der Waals surface area contributed by atoms with E-state index < -0.39 is 0 Å². The van der Waals surface area contributed by atoms with Crippen LogP contribution in [0.3, 0.4) is 0 Å². The Hall–Kier alpha value is -2.56. The number of nitrogens with one attached hydrogen (secondary N) is 1. The first kappa shape index (κ1) is 13.1. The molecule has 1 aliphatic rings. The molecule has 1 N–H and O–H groups in total. The molecule has 1 unspecified atom stereocenters. The van der Waals surface area contributed by atoms with Crippen molar-refractivity contribution in [2.24, 2.45) is 0 Å². The summed E-state index contributed by atoms with van der Waals surface area (Å²) < 4.78 is 4.01. The van der Waals surface area contributed by atoms with Crippen LogP contribution < -0.4 is 5.32 Å². The molecule has 0 saturated carbocycles. The molecular formula is C17H18N4O. The smallest absolute Gasteiger partial charge is 0.240 e. The number of aromatic nitrogens is 3. The monoisotopic (exact) mass is 294 g/mol. The molecule has 3 aromatic rings. The molecule has 2 aromatic heterocycles. The highest BCUT2D eigenvalue weighted by Crippen LogP contribution is 2.16. The molecule has 5 heteroatoms. The number of para-hydroxylation sites is 1. The lowest BCUT2D eigenvalue weighted by Gasteiger charge is -2.24. The quantitative estimate of drug-likeness (QED) is 0.803. The van der Waals surface area contributed by atoms with Gasteiger partial charge in [-0.15, -0.1) is 0 Å². The second kappa shape index (κ2) is 5.33. The van der Waals surface area contributed by atoms with Gasteiger partial charge in [0.25, 0.3) is 0 Å². The van der Waals surface area contributed by atoms with E-state index in [2.05, 4.69) is 16.5 Å². The Morgan fingerprint density at radius 2 is 2.18 bits per heavy atom. The number of carbonyl (C=O) groups is 1. The first-order chi connectivity index (χ1) is 10.8. The standard InChI is InChI=1S/C17H18N4O/c22-17(12-20-9-6-13-3-1-2-4-16(13)20)19-14-7-10-21-15(11-14)5-8-18-21/h1-6,8-9,14H,7,10-12H2,(H,19,22). The van der Waals surface area contributed by atoms with Crippen molar-refractivity contribution in [3.8, 4) is 0 Å². The number of hydrogen-bond donors (Lipinski definition) is 1. The molecule has 0 saturated heterocycles. The normalized spacial score (nSPS) is 17.4. The molecule has 1 atom stereocenters. The molecule has 4 rings (SSSR count). The first-order valence-corrected chi connectivity index (χ1v) is 7.63. The first-order valence-electron chi connectivity index (χ1n) is 7.63. The number of benzene rings is 1. The van der Waals surface area contributed by atoms with Crippen molar-refractivity contribution < 1.29 is 4.79 Å². The van der Waals surface area contributed by atoms with Crippen LogP contribution in [0.2, 0.25) is 0 Å². The average Bonchev–Trinajstić information content (AvgIpc) is 3.14. The SMILES string of the molecule is O=C(Cn1ccc2ccccc21)NC1CCn2nccc2C1. The van der Waals surface area contributed by atoms with Gasteiger partial charge < -0.3 is 9.88 Å². The summed E-state index contributed by atoms with van der Waals surface area (Å²) in [6.07, 6.45) is 5.59. The Labute approximate surface area is 128 Å². The Morgan fingerprint density at radius 1 is 1.27 bits per heavy atom. The lowest BCUT2D eigenvalue weighted by atomic mass is 10.0. The van der Waals surface area contributed by atoms with Crippen molar-refractivity contribution >= 4 is 16.8 Å².